The summed E-state index contributed by atoms with van der Waals surface area (Å²) in [6, 6.07) is 1.81. The zero-order valence-electron chi connectivity index (χ0n) is 11.5. The molecule has 0 radical (unpaired) electrons. The lowest BCUT2D eigenvalue weighted by Crippen LogP contribution is -2.11. The zero-order valence-corrected chi connectivity index (χ0v) is 13.0. The Morgan fingerprint density at radius 1 is 1.29 bits per heavy atom. The van der Waals surface area contributed by atoms with Crippen molar-refractivity contribution in [3.8, 4) is 0 Å². The molecule has 0 bridgehead atoms. The van der Waals surface area contributed by atoms with E-state index in [1.807, 2.05) is 15.2 Å². The van der Waals surface area contributed by atoms with Crippen molar-refractivity contribution >= 4 is 34.4 Å². The summed E-state index contributed by atoms with van der Waals surface area (Å²) in [4.78, 5) is 8.96. The first-order chi connectivity index (χ1) is 10.2. The number of rotatable bonds is 5. The first kappa shape index (κ1) is 14.3. The van der Waals surface area contributed by atoms with Crippen LogP contribution < -0.4 is 0 Å². The largest absolute Gasteiger partial charge is 0.316 e. The fourth-order valence-electron chi connectivity index (χ4n) is 2.28. The van der Waals surface area contributed by atoms with Gasteiger partial charge in [0.1, 0.15) is 17.7 Å². The van der Waals surface area contributed by atoms with Crippen molar-refractivity contribution in [3.63, 3.8) is 0 Å². The van der Waals surface area contributed by atoms with Crippen LogP contribution in [0.3, 0.4) is 0 Å². The first-order valence-corrected chi connectivity index (χ1v) is 7.57. The highest BCUT2D eigenvalue weighted by Gasteiger charge is 2.14. The summed E-state index contributed by atoms with van der Waals surface area (Å²) in [6.07, 6.45) is 4.01. The van der Waals surface area contributed by atoms with Crippen molar-refractivity contribution in [1.29, 1.82) is 0 Å². The van der Waals surface area contributed by atoms with Gasteiger partial charge in [-0.05, 0) is 13.0 Å². The van der Waals surface area contributed by atoms with Gasteiger partial charge in [-0.15, -0.1) is 21.8 Å². The summed E-state index contributed by atoms with van der Waals surface area (Å²) in [5.41, 5.74) is 1.55. The number of halogens is 2. The zero-order chi connectivity index (χ0) is 14.8. The highest BCUT2D eigenvalue weighted by molar-refractivity contribution is 6.31. The van der Waals surface area contributed by atoms with Crippen LogP contribution >= 0.6 is 23.2 Å². The fraction of sp³-hybridized carbons (Fsp3) is 0.385. The second-order valence-electron chi connectivity index (χ2n) is 4.58. The van der Waals surface area contributed by atoms with Crippen molar-refractivity contribution in [2.75, 3.05) is 5.88 Å². The van der Waals surface area contributed by atoms with Crippen molar-refractivity contribution in [2.24, 2.45) is 0 Å². The SMILES string of the molecule is CCn1cnnc1Cn1c(CCCl)nc2cc(Cl)cnc21. The summed E-state index contributed by atoms with van der Waals surface area (Å²) >= 11 is 11.9. The Balaban J connectivity index is 2.08. The van der Waals surface area contributed by atoms with Crippen molar-refractivity contribution in [3.05, 3.63) is 35.3 Å². The van der Waals surface area contributed by atoms with Gasteiger partial charge in [0.25, 0.3) is 0 Å². The van der Waals surface area contributed by atoms with E-state index in [4.69, 9.17) is 23.2 Å². The highest BCUT2D eigenvalue weighted by Crippen LogP contribution is 2.19. The quantitative estimate of drug-likeness (QED) is 0.676. The third-order valence-corrected chi connectivity index (χ3v) is 3.68. The fourth-order valence-corrected chi connectivity index (χ4v) is 2.60. The summed E-state index contributed by atoms with van der Waals surface area (Å²) in [6.45, 7) is 3.43. The summed E-state index contributed by atoms with van der Waals surface area (Å²) in [5.74, 6) is 2.24. The number of hydrogen-bond donors (Lipinski definition) is 0. The standard InChI is InChI=1S/C13H14Cl2N6/c1-2-20-8-17-19-12(20)7-21-11(3-4-14)18-10-5-9(15)6-16-13(10)21/h5-6,8H,2-4,7H2,1H3. The van der Waals surface area contributed by atoms with Crippen LogP contribution in [0, 0.1) is 0 Å². The average molecular weight is 325 g/mol. The molecule has 3 rings (SSSR count). The molecular formula is C13H14Cl2N6. The van der Waals surface area contributed by atoms with E-state index in [1.54, 1.807) is 12.5 Å². The van der Waals surface area contributed by atoms with Crippen LogP contribution in [0.2, 0.25) is 5.02 Å². The monoisotopic (exact) mass is 324 g/mol. The molecule has 3 aromatic rings. The van der Waals surface area contributed by atoms with Crippen LogP contribution in [0.15, 0.2) is 18.6 Å². The third-order valence-electron chi connectivity index (χ3n) is 3.28. The molecule has 6 nitrogen and oxygen atoms in total. The average Bonchev–Trinajstić information content (AvgIpc) is 3.04. The molecule has 0 N–H and O–H groups in total. The maximum atomic E-state index is 5.98. The van der Waals surface area contributed by atoms with E-state index in [1.165, 1.54) is 0 Å². The third kappa shape index (κ3) is 2.73. The lowest BCUT2D eigenvalue weighted by molar-refractivity contribution is 0.640. The van der Waals surface area contributed by atoms with Gasteiger partial charge in [0.05, 0.1) is 11.6 Å². The minimum atomic E-state index is 0.498. The molecule has 0 saturated carbocycles. The van der Waals surface area contributed by atoms with Crippen molar-refractivity contribution in [2.45, 2.75) is 26.4 Å². The van der Waals surface area contributed by atoms with Crippen LogP contribution in [0.5, 0.6) is 0 Å². The maximum absolute atomic E-state index is 5.98. The Hall–Kier alpha value is -1.66. The molecule has 21 heavy (non-hydrogen) atoms. The van der Waals surface area contributed by atoms with Crippen molar-refractivity contribution in [1.82, 2.24) is 29.3 Å². The van der Waals surface area contributed by atoms with Crippen LogP contribution in [0.1, 0.15) is 18.6 Å². The molecular weight excluding hydrogens is 311 g/mol. The molecule has 0 fully saturated rings. The van der Waals surface area contributed by atoms with E-state index in [-0.39, 0.29) is 0 Å². The smallest absolute Gasteiger partial charge is 0.160 e. The molecule has 0 aliphatic rings. The maximum Gasteiger partial charge on any atom is 0.160 e. The van der Waals surface area contributed by atoms with Gasteiger partial charge < -0.3 is 9.13 Å². The van der Waals surface area contributed by atoms with Crippen LogP contribution in [-0.2, 0) is 19.5 Å². The highest BCUT2D eigenvalue weighted by atomic mass is 35.5. The van der Waals surface area contributed by atoms with E-state index in [0.717, 1.165) is 29.4 Å². The van der Waals surface area contributed by atoms with Gasteiger partial charge in [-0.2, -0.15) is 0 Å². The van der Waals surface area contributed by atoms with Gasteiger partial charge in [-0.1, -0.05) is 11.6 Å². The van der Waals surface area contributed by atoms with Crippen LogP contribution in [0.4, 0.5) is 0 Å². The predicted octanol–water partition coefficient (Wildman–Crippen LogP) is 2.53. The number of fused-ring (bicyclic) bond motifs is 1. The van der Waals surface area contributed by atoms with Gasteiger partial charge in [0.2, 0.25) is 0 Å². The molecule has 0 saturated heterocycles. The Bertz CT molecular complexity index is 763. The molecule has 110 valence electrons. The number of pyridine rings is 1. The molecule has 0 unspecified atom stereocenters. The number of nitrogens with zero attached hydrogens (tertiary/aromatic N) is 6. The van der Waals surface area contributed by atoms with E-state index >= 15 is 0 Å². The molecule has 0 aliphatic heterocycles. The minimum absolute atomic E-state index is 0.498. The number of hydrogen-bond acceptors (Lipinski definition) is 4. The summed E-state index contributed by atoms with van der Waals surface area (Å²) in [5, 5.41) is 8.69. The van der Waals surface area contributed by atoms with Gasteiger partial charge in [-0.3, -0.25) is 0 Å². The summed E-state index contributed by atoms with van der Waals surface area (Å²) < 4.78 is 4.01. The molecule has 0 amide bonds. The van der Waals surface area contributed by atoms with Gasteiger partial charge in [-0.25, -0.2) is 9.97 Å². The molecule has 8 heteroatoms. The molecule has 0 spiro atoms. The normalized spacial score (nSPS) is 11.4. The second-order valence-corrected chi connectivity index (χ2v) is 5.40. The van der Waals surface area contributed by atoms with E-state index < -0.39 is 0 Å². The Morgan fingerprint density at radius 3 is 2.90 bits per heavy atom. The molecule has 3 heterocycles. The molecule has 0 aromatic carbocycles. The Labute approximate surface area is 131 Å². The number of aromatic nitrogens is 6. The van der Waals surface area contributed by atoms with E-state index in [9.17, 15) is 0 Å². The van der Waals surface area contributed by atoms with Gasteiger partial charge >= 0.3 is 0 Å². The van der Waals surface area contributed by atoms with Gasteiger partial charge in [0.15, 0.2) is 11.5 Å². The minimum Gasteiger partial charge on any atom is -0.316 e. The lowest BCUT2D eigenvalue weighted by atomic mass is 10.4. The first-order valence-electron chi connectivity index (χ1n) is 6.66. The number of alkyl halides is 1. The van der Waals surface area contributed by atoms with Crippen LogP contribution in [-0.4, -0.2) is 35.2 Å². The molecule has 0 aliphatic carbocycles. The van der Waals surface area contributed by atoms with E-state index in [2.05, 4.69) is 27.1 Å². The van der Waals surface area contributed by atoms with E-state index in [0.29, 0.717) is 23.9 Å². The molecule has 3 aromatic heterocycles. The topological polar surface area (TPSA) is 61.4 Å². The Kier molecular flexibility index (Phi) is 4.07. The van der Waals surface area contributed by atoms with Crippen molar-refractivity contribution < 1.29 is 0 Å². The molecule has 0 atom stereocenters. The lowest BCUT2D eigenvalue weighted by Gasteiger charge is -2.08. The van der Waals surface area contributed by atoms with Gasteiger partial charge in [0, 0.05) is 25.0 Å². The number of aryl methyl sites for hydroxylation is 2. The number of imidazole rings is 1. The predicted molar refractivity (Wildman–Crippen MR) is 81.8 cm³/mol. The Morgan fingerprint density at radius 2 is 2.14 bits per heavy atom. The second kappa shape index (κ2) is 5.99. The summed E-state index contributed by atoms with van der Waals surface area (Å²) in [7, 11) is 0. The van der Waals surface area contributed by atoms with Crippen LogP contribution in [0.25, 0.3) is 11.2 Å².